The molecule has 6 nitrogen and oxygen atoms in total. The van der Waals surface area contributed by atoms with Crippen LogP contribution in [-0.2, 0) is 10.0 Å². The van der Waals surface area contributed by atoms with E-state index in [2.05, 4.69) is 11.3 Å². The summed E-state index contributed by atoms with van der Waals surface area (Å²) in [6, 6.07) is 3.30. The predicted molar refractivity (Wildman–Crippen MR) is 80.8 cm³/mol. The molecular formula is C11H13ClN2O4S2. The molecule has 0 saturated carbocycles. The van der Waals surface area contributed by atoms with Crippen LogP contribution in [0, 0.1) is 10.1 Å². The predicted octanol–water partition coefficient (Wildman–Crippen LogP) is 2.45. The molecule has 1 rings (SSSR count). The molecule has 0 aromatic heterocycles. The first-order chi connectivity index (χ1) is 9.38. The lowest BCUT2D eigenvalue weighted by Gasteiger charge is -2.07. The number of nitro groups is 1. The minimum absolute atomic E-state index is 0.0538. The zero-order valence-corrected chi connectivity index (χ0v) is 12.8. The second-order valence-electron chi connectivity index (χ2n) is 3.63. The van der Waals surface area contributed by atoms with Gasteiger partial charge in [-0.25, -0.2) is 13.1 Å². The summed E-state index contributed by atoms with van der Waals surface area (Å²) in [5.41, 5.74) is -0.323. The van der Waals surface area contributed by atoms with E-state index in [-0.39, 0.29) is 22.2 Å². The van der Waals surface area contributed by atoms with Crippen molar-refractivity contribution in [1.29, 1.82) is 0 Å². The molecule has 0 atom stereocenters. The first kappa shape index (κ1) is 17.0. The number of halogens is 1. The second-order valence-corrected chi connectivity index (χ2v) is 6.93. The summed E-state index contributed by atoms with van der Waals surface area (Å²) in [6.07, 6.45) is 1.72. The Balaban J connectivity index is 2.83. The molecule has 0 aliphatic carbocycles. The van der Waals surface area contributed by atoms with Crippen LogP contribution < -0.4 is 4.72 Å². The van der Waals surface area contributed by atoms with Crippen LogP contribution in [0.15, 0.2) is 35.7 Å². The molecule has 1 aromatic rings. The fourth-order valence-corrected chi connectivity index (χ4v) is 3.56. The quantitative estimate of drug-likeness (QED) is 0.341. The topological polar surface area (TPSA) is 89.3 Å². The van der Waals surface area contributed by atoms with Gasteiger partial charge in [0.05, 0.1) is 9.95 Å². The van der Waals surface area contributed by atoms with Gasteiger partial charge in [-0.2, -0.15) is 11.8 Å². The summed E-state index contributed by atoms with van der Waals surface area (Å²) in [4.78, 5) is 9.70. The Morgan fingerprint density at radius 3 is 2.80 bits per heavy atom. The Kier molecular flexibility index (Phi) is 6.47. The molecule has 0 aliphatic rings. The Morgan fingerprint density at radius 1 is 1.50 bits per heavy atom. The summed E-state index contributed by atoms with van der Waals surface area (Å²) in [6.45, 7) is 3.76. The van der Waals surface area contributed by atoms with Crippen molar-refractivity contribution < 1.29 is 13.3 Å². The number of thioether (sulfide) groups is 1. The normalized spacial score (nSPS) is 11.2. The van der Waals surface area contributed by atoms with Gasteiger partial charge in [0, 0.05) is 30.2 Å². The number of rotatable bonds is 8. The SMILES string of the molecule is C=CCSCCNS(=O)(=O)c1cc([N+](=O)[O-])ccc1Cl. The van der Waals surface area contributed by atoms with Crippen LogP contribution in [0.25, 0.3) is 0 Å². The van der Waals surface area contributed by atoms with Crippen molar-refractivity contribution in [2.45, 2.75) is 4.90 Å². The summed E-state index contributed by atoms with van der Waals surface area (Å²) >= 11 is 7.30. The van der Waals surface area contributed by atoms with Crippen LogP contribution in [-0.4, -0.2) is 31.4 Å². The average Bonchev–Trinajstić information content (AvgIpc) is 2.38. The largest absolute Gasteiger partial charge is 0.270 e. The van der Waals surface area contributed by atoms with Crippen LogP contribution in [0.3, 0.4) is 0 Å². The van der Waals surface area contributed by atoms with Crippen LogP contribution in [0.1, 0.15) is 0 Å². The maximum Gasteiger partial charge on any atom is 0.270 e. The molecule has 9 heteroatoms. The first-order valence-electron chi connectivity index (χ1n) is 5.50. The monoisotopic (exact) mass is 336 g/mol. The lowest BCUT2D eigenvalue weighted by atomic mass is 10.3. The van der Waals surface area contributed by atoms with Gasteiger partial charge < -0.3 is 0 Å². The lowest BCUT2D eigenvalue weighted by molar-refractivity contribution is -0.385. The molecule has 1 N–H and O–H groups in total. The number of non-ortho nitro benzene ring substituents is 1. The van der Waals surface area contributed by atoms with Crippen molar-refractivity contribution >= 4 is 39.1 Å². The number of benzene rings is 1. The van der Waals surface area contributed by atoms with E-state index < -0.39 is 14.9 Å². The van der Waals surface area contributed by atoms with Gasteiger partial charge in [0.25, 0.3) is 5.69 Å². The maximum atomic E-state index is 12.0. The highest BCUT2D eigenvalue weighted by Gasteiger charge is 2.21. The molecule has 0 aliphatic heterocycles. The molecule has 0 unspecified atom stereocenters. The third-order valence-corrected chi connectivity index (χ3v) is 5.10. The van der Waals surface area contributed by atoms with Crippen molar-refractivity contribution in [1.82, 2.24) is 4.72 Å². The van der Waals surface area contributed by atoms with Gasteiger partial charge >= 0.3 is 0 Å². The van der Waals surface area contributed by atoms with Gasteiger partial charge in [0.1, 0.15) is 4.90 Å². The Labute approximate surface area is 126 Å². The fourth-order valence-electron chi connectivity index (χ4n) is 1.30. The Morgan fingerprint density at radius 2 is 2.20 bits per heavy atom. The van der Waals surface area contributed by atoms with E-state index in [1.165, 1.54) is 17.8 Å². The van der Waals surface area contributed by atoms with Gasteiger partial charge in [0.2, 0.25) is 10.0 Å². The van der Waals surface area contributed by atoms with E-state index in [1.807, 2.05) is 0 Å². The summed E-state index contributed by atoms with van der Waals surface area (Å²) in [7, 11) is -3.86. The minimum atomic E-state index is -3.86. The van der Waals surface area contributed by atoms with E-state index in [9.17, 15) is 18.5 Å². The van der Waals surface area contributed by atoms with Crippen LogP contribution in [0.5, 0.6) is 0 Å². The van der Waals surface area contributed by atoms with Gasteiger partial charge in [0.15, 0.2) is 0 Å². The van der Waals surface area contributed by atoms with E-state index in [1.54, 1.807) is 6.08 Å². The third-order valence-electron chi connectivity index (χ3n) is 2.19. The standard InChI is InChI=1S/C11H13ClN2O4S2/c1-2-6-19-7-5-13-20(17,18)11-8-9(14(15)16)3-4-10(11)12/h2-4,8,13H,1,5-7H2. The van der Waals surface area contributed by atoms with Crippen molar-refractivity contribution in [3.05, 3.63) is 46.0 Å². The van der Waals surface area contributed by atoms with Crippen molar-refractivity contribution in [2.24, 2.45) is 0 Å². The minimum Gasteiger partial charge on any atom is -0.258 e. The van der Waals surface area contributed by atoms with Gasteiger partial charge in [-0.1, -0.05) is 17.7 Å². The third kappa shape index (κ3) is 4.78. The summed E-state index contributed by atoms with van der Waals surface area (Å²) in [5.74, 6) is 1.29. The van der Waals surface area contributed by atoms with Gasteiger partial charge in [-0.15, -0.1) is 6.58 Å². The molecule has 20 heavy (non-hydrogen) atoms. The second kappa shape index (κ2) is 7.63. The zero-order chi connectivity index (χ0) is 15.2. The summed E-state index contributed by atoms with van der Waals surface area (Å²) in [5, 5.41) is 10.6. The van der Waals surface area contributed by atoms with Crippen molar-refractivity contribution in [3.63, 3.8) is 0 Å². The number of hydrogen-bond donors (Lipinski definition) is 1. The molecule has 0 spiro atoms. The molecule has 0 radical (unpaired) electrons. The van der Waals surface area contributed by atoms with E-state index >= 15 is 0 Å². The lowest BCUT2D eigenvalue weighted by Crippen LogP contribution is -2.26. The molecule has 0 bridgehead atoms. The number of hydrogen-bond acceptors (Lipinski definition) is 5. The Hall–Kier alpha value is -1.09. The van der Waals surface area contributed by atoms with Gasteiger partial charge in [-0.05, 0) is 6.07 Å². The highest BCUT2D eigenvalue weighted by atomic mass is 35.5. The molecule has 0 fully saturated rings. The summed E-state index contributed by atoms with van der Waals surface area (Å²) < 4.78 is 26.4. The molecule has 0 amide bonds. The van der Waals surface area contributed by atoms with Crippen LogP contribution >= 0.6 is 23.4 Å². The fraction of sp³-hybridized carbons (Fsp3) is 0.273. The van der Waals surface area contributed by atoms with Crippen LogP contribution in [0.4, 0.5) is 5.69 Å². The molecule has 110 valence electrons. The number of nitro benzene ring substituents is 1. The smallest absolute Gasteiger partial charge is 0.258 e. The zero-order valence-electron chi connectivity index (χ0n) is 10.4. The molecule has 0 heterocycles. The maximum absolute atomic E-state index is 12.0. The first-order valence-corrected chi connectivity index (χ1v) is 8.52. The van der Waals surface area contributed by atoms with Gasteiger partial charge in [-0.3, -0.25) is 10.1 Å². The number of nitrogens with zero attached hydrogens (tertiary/aromatic N) is 1. The Bertz CT molecular complexity index is 604. The van der Waals surface area contributed by atoms with Crippen molar-refractivity contribution in [2.75, 3.05) is 18.1 Å². The highest BCUT2D eigenvalue weighted by molar-refractivity contribution is 7.99. The van der Waals surface area contributed by atoms with Crippen molar-refractivity contribution in [3.8, 4) is 0 Å². The number of sulfonamides is 1. The average molecular weight is 337 g/mol. The number of nitrogens with one attached hydrogen (secondary N) is 1. The molecule has 1 aromatic carbocycles. The van der Waals surface area contributed by atoms with Crippen LogP contribution in [0.2, 0.25) is 5.02 Å². The van der Waals surface area contributed by atoms with E-state index in [0.29, 0.717) is 5.75 Å². The van der Waals surface area contributed by atoms with E-state index in [4.69, 9.17) is 11.6 Å². The molecule has 0 saturated heterocycles. The highest BCUT2D eigenvalue weighted by Crippen LogP contribution is 2.25. The molecular weight excluding hydrogens is 324 g/mol. The van der Waals surface area contributed by atoms with E-state index in [0.717, 1.165) is 17.9 Å².